The molecule has 0 fully saturated rings. The van der Waals surface area contributed by atoms with Crippen LogP contribution in [0, 0.1) is 0 Å². The van der Waals surface area contributed by atoms with E-state index in [0.29, 0.717) is 18.8 Å². The number of amides is 1. The zero-order chi connectivity index (χ0) is 12.8. The van der Waals surface area contributed by atoms with Gasteiger partial charge in [-0.15, -0.1) is 23.2 Å². The lowest BCUT2D eigenvalue weighted by atomic mass is 10.0. The number of hydrogen-bond donors (Lipinski definition) is 0. The normalized spacial score (nSPS) is 13.6. The smallest absolute Gasteiger partial charge is 0.223 e. The second-order valence-corrected chi connectivity index (χ2v) is 5.85. The van der Waals surface area contributed by atoms with Gasteiger partial charge in [0, 0.05) is 24.2 Å². The van der Waals surface area contributed by atoms with Crippen molar-refractivity contribution in [1.29, 1.82) is 0 Å². The van der Waals surface area contributed by atoms with Crippen LogP contribution in [-0.4, -0.2) is 34.1 Å². The minimum absolute atomic E-state index is 0.0481. The standard InChI is InChI=1S/C12H23Cl2NO/c1-5-6-7-11(16)15(8-10(2)14)12(3,4)9-13/h10H,5-9H2,1-4H3. The molecule has 0 spiro atoms. The molecule has 0 aromatic carbocycles. The fraction of sp³-hybridized carbons (Fsp3) is 0.917. The predicted octanol–water partition coefficient (Wildman–Crippen LogP) is 3.65. The number of alkyl halides is 2. The van der Waals surface area contributed by atoms with Crippen molar-refractivity contribution in [3.05, 3.63) is 0 Å². The van der Waals surface area contributed by atoms with Crippen LogP contribution in [0.5, 0.6) is 0 Å². The van der Waals surface area contributed by atoms with Crippen molar-refractivity contribution in [2.45, 2.75) is 57.9 Å². The van der Waals surface area contributed by atoms with Crippen LogP contribution >= 0.6 is 23.2 Å². The molecule has 1 unspecified atom stereocenters. The third-order valence-electron chi connectivity index (χ3n) is 2.54. The Bertz CT molecular complexity index is 217. The lowest BCUT2D eigenvalue weighted by molar-refractivity contribution is -0.135. The molecule has 0 aliphatic carbocycles. The minimum atomic E-state index is -0.324. The van der Waals surface area contributed by atoms with Crippen molar-refractivity contribution < 1.29 is 4.79 Å². The maximum atomic E-state index is 12.1. The molecule has 0 aliphatic heterocycles. The van der Waals surface area contributed by atoms with Gasteiger partial charge in [0.05, 0.1) is 5.54 Å². The third-order valence-corrected chi connectivity index (χ3v) is 3.33. The van der Waals surface area contributed by atoms with E-state index >= 15 is 0 Å². The summed E-state index contributed by atoms with van der Waals surface area (Å²) >= 11 is 11.9. The largest absolute Gasteiger partial charge is 0.335 e. The Kier molecular flexibility index (Phi) is 7.41. The van der Waals surface area contributed by atoms with Gasteiger partial charge in [-0.2, -0.15) is 0 Å². The Balaban J connectivity index is 4.59. The van der Waals surface area contributed by atoms with Gasteiger partial charge in [0.1, 0.15) is 0 Å². The summed E-state index contributed by atoms with van der Waals surface area (Å²) < 4.78 is 0. The first-order valence-electron chi connectivity index (χ1n) is 5.85. The van der Waals surface area contributed by atoms with E-state index in [9.17, 15) is 4.79 Å². The summed E-state index contributed by atoms with van der Waals surface area (Å²) in [6.07, 6.45) is 2.53. The van der Waals surface area contributed by atoms with Gasteiger partial charge in [-0.3, -0.25) is 4.79 Å². The van der Waals surface area contributed by atoms with E-state index in [-0.39, 0.29) is 16.8 Å². The van der Waals surface area contributed by atoms with Gasteiger partial charge in [-0.25, -0.2) is 0 Å². The highest BCUT2D eigenvalue weighted by Gasteiger charge is 2.30. The fourth-order valence-corrected chi connectivity index (χ4v) is 1.76. The highest BCUT2D eigenvalue weighted by atomic mass is 35.5. The van der Waals surface area contributed by atoms with Crippen molar-refractivity contribution in [1.82, 2.24) is 4.90 Å². The summed E-state index contributed by atoms with van der Waals surface area (Å²) in [5, 5.41) is -0.0481. The molecule has 0 saturated heterocycles. The molecule has 0 bridgehead atoms. The van der Waals surface area contributed by atoms with Gasteiger partial charge in [0.2, 0.25) is 5.91 Å². The van der Waals surface area contributed by atoms with Gasteiger partial charge in [0.15, 0.2) is 0 Å². The Hall–Kier alpha value is 0.0500. The molecule has 2 nitrogen and oxygen atoms in total. The van der Waals surface area contributed by atoms with Crippen LogP contribution in [0.2, 0.25) is 0 Å². The Morgan fingerprint density at radius 2 is 2.00 bits per heavy atom. The molecule has 1 amide bonds. The van der Waals surface area contributed by atoms with Crippen LogP contribution in [0.25, 0.3) is 0 Å². The summed E-state index contributed by atoms with van der Waals surface area (Å²) in [5.74, 6) is 0.578. The first kappa shape index (κ1) is 16.1. The van der Waals surface area contributed by atoms with E-state index in [1.54, 1.807) is 0 Å². The molecule has 96 valence electrons. The number of carbonyl (C=O) groups excluding carboxylic acids is 1. The van der Waals surface area contributed by atoms with Crippen molar-refractivity contribution in [3.8, 4) is 0 Å². The van der Waals surface area contributed by atoms with E-state index in [1.807, 2.05) is 25.7 Å². The van der Waals surface area contributed by atoms with Crippen molar-refractivity contribution in [2.24, 2.45) is 0 Å². The minimum Gasteiger partial charge on any atom is -0.335 e. The molecule has 0 aromatic rings. The molecule has 0 aromatic heterocycles. The summed E-state index contributed by atoms with van der Waals surface area (Å²) in [6.45, 7) is 8.48. The number of hydrogen-bond acceptors (Lipinski definition) is 1. The summed E-state index contributed by atoms with van der Waals surface area (Å²) in [5.41, 5.74) is -0.324. The summed E-state index contributed by atoms with van der Waals surface area (Å²) in [4.78, 5) is 13.9. The number of unbranched alkanes of at least 4 members (excludes halogenated alkanes) is 1. The Labute approximate surface area is 109 Å². The van der Waals surface area contributed by atoms with Crippen LogP contribution in [0.3, 0.4) is 0 Å². The molecule has 16 heavy (non-hydrogen) atoms. The van der Waals surface area contributed by atoms with Crippen LogP contribution in [0.4, 0.5) is 0 Å². The Morgan fingerprint density at radius 1 is 1.44 bits per heavy atom. The second-order valence-electron chi connectivity index (χ2n) is 4.83. The predicted molar refractivity (Wildman–Crippen MR) is 71.4 cm³/mol. The van der Waals surface area contributed by atoms with Gasteiger partial charge >= 0.3 is 0 Å². The monoisotopic (exact) mass is 267 g/mol. The maximum Gasteiger partial charge on any atom is 0.223 e. The fourth-order valence-electron chi connectivity index (χ4n) is 1.47. The average Bonchev–Trinajstić information content (AvgIpc) is 2.22. The molecule has 0 aliphatic rings. The SMILES string of the molecule is CCCCC(=O)N(CC(C)Cl)C(C)(C)CCl. The van der Waals surface area contributed by atoms with Gasteiger partial charge in [-0.05, 0) is 27.2 Å². The van der Waals surface area contributed by atoms with Crippen LogP contribution in [-0.2, 0) is 4.79 Å². The van der Waals surface area contributed by atoms with E-state index in [0.717, 1.165) is 12.8 Å². The number of nitrogens with zero attached hydrogens (tertiary/aromatic N) is 1. The highest BCUT2D eigenvalue weighted by molar-refractivity contribution is 6.20. The molecule has 0 radical (unpaired) electrons. The third kappa shape index (κ3) is 5.40. The van der Waals surface area contributed by atoms with Gasteiger partial charge < -0.3 is 4.90 Å². The molecular weight excluding hydrogens is 245 g/mol. The first-order valence-corrected chi connectivity index (χ1v) is 6.82. The summed E-state index contributed by atoms with van der Waals surface area (Å²) in [7, 11) is 0. The molecule has 0 N–H and O–H groups in total. The van der Waals surface area contributed by atoms with E-state index in [4.69, 9.17) is 23.2 Å². The topological polar surface area (TPSA) is 20.3 Å². The quantitative estimate of drug-likeness (QED) is 0.645. The summed E-state index contributed by atoms with van der Waals surface area (Å²) in [6, 6.07) is 0. The Morgan fingerprint density at radius 3 is 2.38 bits per heavy atom. The maximum absolute atomic E-state index is 12.1. The van der Waals surface area contributed by atoms with Crippen molar-refractivity contribution in [2.75, 3.05) is 12.4 Å². The van der Waals surface area contributed by atoms with Crippen LogP contribution < -0.4 is 0 Å². The highest BCUT2D eigenvalue weighted by Crippen LogP contribution is 2.20. The number of rotatable bonds is 7. The number of halogens is 2. The van der Waals surface area contributed by atoms with Gasteiger partial charge in [-0.1, -0.05) is 13.3 Å². The second kappa shape index (κ2) is 7.39. The number of carbonyl (C=O) groups is 1. The van der Waals surface area contributed by atoms with Crippen LogP contribution in [0.1, 0.15) is 47.0 Å². The van der Waals surface area contributed by atoms with Crippen molar-refractivity contribution >= 4 is 29.1 Å². The molecule has 1 atom stereocenters. The first-order chi connectivity index (χ1) is 7.35. The van der Waals surface area contributed by atoms with Crippen molar-refractivity contribution in [3.63, 3.8) is 0 Å². The molecule has 0 heterocycles. The van der Waals surface area contributed by atoms with E-state index < -0.39 is 0 Å². The molecule has 0 rings (SSSR count). The molecule has 4 heteroatoms. The van der Waals surface area contributed by atoms with Gasteiger partial charge in [0.25, 0.3) is 0 Å². The van der Waals surface area contributed by atoms with E-state index in [1.165, 1.54) is 0 Å². The van der Waals surface area contributed by atoms with Crippen LogP contribution in [0.15, 0.2) is 0 Å². The zero-order valence-electron chi connectivity index (χ0n) is 10.7. The zero-order valence-corrected chi connectivity index (χ0v) is 12.2. The van der Waals surface area contributed by atoms with E-state index in [2.05, 4.69) is 6.92 Å². The lowest BCUT2D eigenvalue weighted by Crippen LogP contribution is -2.51. The lowest BCUT2D eigenvalue weighted by Gasteiger charge is -2.38. The molecular formula is C12H23Cl2NO. The average molecular weight is 268 g/mol. The molecule has 0 saturated carbocycles.